The Morgan fingerprint density at radius 2 is 1.87 bits per heavy atom. The third-order valence-electron chi connectivity index (χ3n) is 5.02. The summed E-state index contributed by atoms with van der Waals surface area (Å²) < 4.78 is 31.5. The fraction of sp³-hybridized carbons (Fsp3) is 0.0870. The first-order valence-electron chi connectivity index (χ1n) is 9.52. The zero-order valence-electron chi connectivity index (χ0n) is 15.9. The second kappa shape index (κ2) is 8.08. The molecule has 0 spiro atoms. The normalized spacial score (nSPS) is 15.8. The predicted molar refractivity (Wildman–Crippen MR) is 123 cm³/mol. The van der Waals surface area contributed by atoms with Gasteiger partial charge in [0.05, 0.1) is 11.4 Å². The minimum Gasteiger partial charge on any atom is -0.326 e. The number of nitrogens with one attached hydrogen (secondary N) is 1. The van der Waals surface area contributed by atoms with Crippen molar-refractivity contribution < 1.29 is 8.60 Å². The van der Waals surface area contributed by atoms with E-state index >= 15 is 0 Å². The second-order valence-electron chi connectivity index (χ2n) is 6.90. The van der Waals surface area contributed by atoms with Gasteiger partial charge >= 0.3 is 0 Å². The van der Waals surface area contributed by atoms with Crippen molar-refractivity contribution in [3.05, 3.63) is 84.8 Å². The average Bonchev–Trinajstić information content (AvgIpc) is 2.78. The summed E-state index contributed by atoms with van der Waals surface area (Å²) in [5.74, 6) is 0.428. The Morgan fingerprint density at radius 1 is 1.03 bits per heavy atom. The van der Waals surface area contributed by atoms with Gasteiger partial charge in [-0.25, -0.2) is 8.60 Å². The number of hydrogen-bond acceptors (Lipinski definition) is 4. The lowest BCUT2D eigenvalue weighted by molar-refractivity contribution is 0.631. The van der Waals surface area contributed by atoms with Crippen LogP contribution in [-0.4, -0.2) is 21.5 Å². The Kier molecular flexibility index (Phi) is 5.14. The van der Waals surface area contributed by atoms with Gasteiger partial charge < -0.3 is 4.72 Å². The van der Waals surface area contributed by atoms with Crippen molar-refractivity contribution in [3.8, 4) is 11.3 Å². The van der Waals surface area contributed by atoms with Crippen molar-refractivity contribution in [1.82, 2.24) is 4.98 Å². The molecule has 1 aliphatic rings. The third-order valence-corrected chi connectivity index (χ3v) is 7.28. The highest BCUT2D eigenvalue weighted by Crippen LogP contribution is 2.32. The van der Waals surface area contributed by atoms with Crippen LogP contribution in [0.2, 0.25) is 0 Å². The molecule has 1 aromatic heterocycles. The van der Waals surface area contributed by atoms with E-state index in [-0.39, 0.29) is 5.82 Å². The summed E-state index contributed by atoms with van der Waals surface area (Å²) in [4.78, 5) is 5.45. The molecule has 5 rings (SSSR count). The summed E-state index contributed by atoms with van der Waals surface area (Å²) in [6.45, 7) is 0.831. The lowest BCUT2D eigenvalue weighted by Gasteiger charge is -2.31. The monoisotopic (exact) mass is 435 g/mol. The molecule has 1 saturated heterocycles. The van der Waals surface area contributed by atoms with Crippen molar-refractivity contribution in [2.75, 3.05) is 21.3 Å². The molecule has 0 saturated carbocycles. The van der Waals surface area contributed by atoms with E-state index in [1.165, 1.54) is 18.0 Å². The number of benzene rings is 3. The summed E-state index contributed by atoms with van der Waals surface area (Å²) in [5, 5.41) is 1.94. The van der Waals surface area contributed by atoms with Crippen molar-refractivity contribution in [1.29, 1.82) is 0 Å². The number of pyridine rings is 1. The topological polar surface area (TPSA) is 45.2 Å². The molecule has 1 atom stereocenters. The van der Waals surface area contributed by atoms with Crippen molar-refractivity contribution in [3.63, 3.8) is 0 Å². The van der Waals surface area contributed by atoms with Crippen LogP contribution < -0.4 is 9.03 Å². The summed E-state index contributed by atoms with van der Waals surface area (Å²) in [5.41, 5.74) is 2.85. The van der Waals surface area contributed by atoms with Crippen LogP contribution in [0.5, 0.6) is 0 Å². The summed E-state index contributed by atoms with van der Waals surface area (Å²) in [6, 6.07) is 22.6. The lowest BCUT2D eigenvalue weighted by Crippen LogP contribution is -2.42. The Bertz CT molecular complexity index is 1240. The Labute approximate surface area is 180 Å². The van der Waals surface area contributed by atoms with Crippen LogP contribution in [0, 0.1) is 5.82 Å². The molecule has 30 heavy (non-hydrogen) atoms. The van der Waals surface area contributed by atoms with Gasteiger partial charge in [-0.3, -0.25) is 9.29 Å². The van der Waals surface area contributed by atoms with E-state index in [1.54, 1.807) is 18.3 Å². The van der Waals surface area contributed by atoms with Gasteiger partial charge in [0.2, 0.25) is 0 Å². The highest BCUT2D eigenvalue weighted by Gasteiger charge is 2.23. The number of hydrogen-bond donors (Lipinski definition) is 1. The van der Waals surface area contributed by atoms with E-state index in [1.807, 2.05) is 58.9 Å². The van der Waals surface area contributed by atoms with E-state index in [2.05, 4.69) is 9.71 Å². The van der Waals surface area contributed by atoms with Gasteiger partial charge in [-0.15, -0.1) is 0 Å². The lowest BCUT2D eigenvalue weighted by atomic mass is 10.0. The van der Waals surface area contributed by atoms with Crippen LogP contribution in [0.3, 0.4) is 0 Å². The smallest absolute Gasteiger partial charge is 0.132 e. The molecule has 3 aromatic carbocycles. The third kappa shape index (κ3) is 3.66. The maximum absolute atomic E-state index is 14.6. The van der Waals surface area contributed by atoms with Crippen molar-refractivity contribution >= 4 is 45.1 Å². The van der Waals surface area contributed by atoms with Crippen LogP contribution in [0.25, 0.3) is 22.0 Å². The molecule has 1 aliphatic heterocycles. The molecule has 4 aromatic rings. The van der Waals surface area contributed by atoms with Gasteiger partial charge in [0, 0.05) is 40.0 Å². The fourth-order valence-electron chi connectivity index (χ4n) is 3.41. The number of halogens is 1. The van der Waals surface area contributed by atoms with E-state index in [0.29, 0.717) is 11.3 Å². The highest BCUT2D eigenvalue weighted by molar-refractivity contribution is 8.00. The zero-order chi connectivity index (χ0) is 20.5. The predicted octanol–water partition coefficient (Wildman–Crippen LogP) is 5.64. The minimum atomic E-state index is -0.885. The maximum Gasteiger partial charge on any atom is 0.132 e. The standard InChI is InChI=1S/C23H18FN3OS2/c24-22-10-5-17(15-21(22)23-20-4-2-1-3-16(20)11-12-25-23)26-29-19-8-6-18(7-9-19)27-13-14-30(27)28/h1-12,15,26H,13-14H2. The SMILES string of the molecule is O=S1CCN1c1ccc(SNc2ccc(F)c(-c3nccc4ccccc34)c2)cc1. The quantitative estimate of drug-likeness (QED) is 0.412. The molecule has 1 fully saturated rings. The van der Waals surface area contributed by atoms with Crippen molar-refractivity contribution in [2.24, 2.45) is 0 Å². The van der Waals surface area contributed by atoms with Crippen LogP contribution in [0.1, 0.15) is 0 Å². The molecule has 0 amide bonds. The first-order chi connectivity index (χ1) is 14.7. The second-order valence-corrected chi connectivity index (χ2v) is 9.27. The molecule has 0 aliphatic carbocycles. The van der Waals surface area contributed by atoms with Crippen molar-refractivity contribution in [2.45, 2.75) is 4.90 Å². The largest absolute Gasteiger partial charge is 0.326 e. The molecule has 2 heterocycles. The Morgan fingerprint density at radius 3 is 2.63 bits per heavy atom. The van der Waals surface area contributed by atoms with Gasteiger partial charge in [-0.2, -0.15) is 0 Å². The number of rotatable bonds is 5. The van der Waals surface area contributed by atoms with E-state index in [4.69, 9.17) is 0 Å². The number of aromatic nitrogens is 1. The van der Waals surface area contributed by atoms with Gasteiger partial charge in [0.15, 0.2) is 0 Å². The van der Waals surface area contributed by atoms with Crippen LogP contribution >= 0.6 is 11.9 Å². The molecular formula is C23H18FN3OS2. The summed E-state index contributed by atoms with van der Waals surface area (Å²) >= 11 is 1.45. The molecule has 1 unspecified atom stereocenters. The average molecular weight is 436 g/mol. The van der Waals surface area contributed by atoms with Gasteiger partial charge in [-0.05, 0) is 65.9 Å². The van der Waals surface area contributed by atoms with Crippen LogP contribution in [-0.2, 0) is 11.0 Å². The molecule has 1 N–H and O–H groups in total. The molecule has 7 heteroatoms. The Balaban J connectivity index is 1.37. The van der Waals surface area contributed by atoms with Crippen LogP contribution in [0.15, 0.2) is 83.9 Å². The number of anilines is 2. The van der Waals surface area contributed by atoms with Gasteiger partial charge in [0.25, 0.3) is 0 Å². The first-order valence-corrected chi connectivity index (χ1v) is 11.6. The summed E-state index contributed by atoms with van der Waals surface area (Å²) in [6.07, 6.45) is 1.71. The van der Waals surface area contributed by atoms with E-state index in [0.717, 1.165) is 39.3 Å². The molecular weight excluding hydrogens is 417 g/mol. The van der Waals surface area contributed by atoms with Crippen LogP contribution in [0.4, 0.5) is 15.8 Å². The fourth-order valence-corrected chi connectivity index (χ4v) is 4.91. The highest BCUT2D eigenvalue weighted by atomic mass is 32.2. The van der Waals surface area contributed by atoms with E-state index in [9.17, 15) is 8.60 Å². The summed E-state index contributed by atoms with van der Waals surface area (Å²) in [7, 11) is -0.885. The molecule has 4 nitrogen and oxygen atoms in total. The van der Waals surface area contributed by atoms with Gasteiger partial charge in [0.1, 0.15) is 16.8 Å². The Hall–Kier alpha value is -2.90. The molecule has 150 valence electrons. The molecule has 0 radical (unpaired) electrons. The van der Waals surface area contributed by atoms with E-state index < -0.39 is 11.0 Å². The first kappa shape index (κ1) is 19.1. The molecule has 0 bridgehead atoms. The van der Waals surface area contributed by atoms with Gasteiger partial charge in [-0.1, -0.05) is 24.3 Å². The maximum atomic E-state index is 14.6. The minimum absolute atomic E-state index is 0.304. The zero-order valence-corrected chi connectivity index (χ0v) is 17.5. The number of nitrogens with zero attached hydrogens (tertiary/aromatic N) is 2. The number of fused-ring (bicyclic) bond motifs is 1.